The fourth-order valence-corrected chi connectivity index (χ4v) is 2.34. The first-order valence-electron chi connectivity index (χ1n) is 7.00. The molecule has 0 heterocycles. The highest BCUT2D eigenvalue weighted by Crippen LogP contribution is 2.26. The van der Waals surface area contributed by atoms with Crippen LogP contribution in [0.25, 0.3) is 0 Å². The lowest BCUT2D eigenvalue weighted by molar-refractivity contribution is 0.242. The van der Waals surface area contributed by atoms with Gasteiger partial charge in [-0.25, -0.2) is 9.82 Å². The van der Waals surface area contributed by atoms with Crippen LogP contribution in [0, 0.1) is 12.7 Å². The zero-order valence-electron chi connectivity index (χ0n) is 12.6. The number of hydrogen-bond acceptors (Lipinski definition) is 3. The molecule has 0 amide bonds. The molecule has 4 heteroatoms. The Balaban J connectivity index is 2.28. The maximum absolute atomic E-state index is 13.2. The number of hydrogen-bond donors (Lipinski definition) is 2. The summed E-state index contributed by atoms with van der Waals surface area (Å²) in [6.07, 6.45) is 0.138. The Kier molecular flexibility index (Phi) is 4.94. The number of aryl methyl sites for hydroxylation is 1. The first-order chi connectivity index (χ1) is 10.0. The molecule has 2 aromatic carbocycles. The zero-order chi connectivity index (χ0) is 15.4. The van der Waals surface area contributed by atoms with E-state index in [0.717, 1.165) is 22.4 Å². The molecular formula is C17H21FN2O. The third-order valence-electron chi connectivity index (χ3n) is 3.29. The monoisotopic (exact) mass is 288 g/mol. The second-order valence-electron chi connectivity index (χ2n) is 5.34. The van der Waals surface area contributed by atoms with Gasteiger partial charge in [0.05, 0.1) is 12.1 Å². The van der Waals surface area contributed by atoms with Gasteiger partial charge in [-0.3, -0.25) is 5.84 Å². The zero-order valence-corrected chi connectivity index (χ0v) is 12.6. The molecule has 0 fully saturated rings. The maximum atomic E-state index is 13.2. The second-order valence-corrected chi connectivity index (χ2v) is 5.34. The lowest BCUT2D eigenvalue weighted by Gasteiger charge is -2.20. The van der Waals surface area contributed by atoms with E-state index >= 15 is 0 Å². The Morgan fingerprint density at radius 2 is 1.76 bits per heavy atom. The molecule has 3 nitrogen and oxygen atoms in total. The Bertz CT molecular complexity index is 596. The van der Waals surface area contributed by atoms with E-state index in [0.29, 0.717) is 0 Å². The molecule has 0 saturated carbocycles. The lowest BCUT2D eigenvalue weighted by Crippen LogP contribution is -2.29. The summed E-state index contributed by atoms with van der Waals surface area (Å²) < 4.78 is 18.8. The molecule has 0 aliphatic carbocycles. The molecule has 3 N–H and O–H groups in total. The van der Waals surface area contributed by atoms with E-state index in [9.17, 15) is 4.39 Å². The van der Waals surface area contributed by atoms with Crippen LogP contribution in [0.5, 0.6) is 5.75 Å². The molecule has 0 aliphatic rings. The Labute approximate surface area is 124 Å². The van der Waals surface area contributed by atoms with Crippen molar-refractivity contribution >= 4 is 0 Å². The molecule has 0 radical (unpaired) electrons. The molecule has 2 aromatic rings. The van der Waals surface area contributed by atoms with Gasteiger partial charge in [0.2, 0.25) is 0 Å². The number of nitrogens with one attached hydrogen (secondary N) is 1. The van der Waals surface area contributed by atoms with E-state index in [4.69, 9.17) is 10.6 Å². The molecule has 1 atom stereocenters. The summed E-state index contributed by atoms with van der Waals surface area (Å²) in [5.74, 6) is 6.26. The van der Waals surface area contributed by atoms with Gasteiger partial charge in [-0.2, -0.15) is 0 Å². The molecule has 1 unspecified atom stereocenters. The van der Waals surface area contributed by atoms with Gasteiger partial charge in [0.25, 0.3) is 0 Å². The van der Waals surface area contributed by atoms with Crippen molar-refractivity contribution in [2.75, 3.05) is 0 Å². The van der Waals surface area contributed by atoms with Crippen LogP contribution in [-0.2, 0) is 0 Å². The number of ether oxygens (including phenoxy) is 1. The van der Waals surface area contributed by atoms with E-state index in [1.807, 2.05) is 45.0 Å². The van der Waals surface area contributed by atoms with Crippen molar-refractivity contribution in [3.8, 4) is 5.75 Å². The quantitative estimate of drug-likeness (QED) is 0.654. The second kappa shape index (κ2) is 6.70. The molecule has 0 aliphatic heterocycles. The highest BCUT2D eigenvalue weighted by molar-refractivity contribution is 5.39. The van der Waals surface area contributed by atoms with Crippen molar-refractivity contribution in [2.24, 2.45) is 5.84 Å². The largest absolute Gasteiger partial charge is 0.491 e. The molecular weight excluding hydrogens is 267 g/mol. The third kappa shape index (κ3) is 3.80. The van der Waals surface area contributed by atoms with Gasteiger partial charge in [-0.1, -0.05) is 18.2 Å². The Morgan fingerprint density at radius 1 is 1.10 bits per heavy atom. The van der Waals surface area contributed by atoms with Crippen LogP contribution in [0.15, 0.2) is 42.5 Å². The average molecular weight is 288 g/mol. The predicted octanol–water partition coefficient (Wildman–Crippen LogP) is 3.47. The molecule has 0 spiro atoms. The molecule has 0 bridgehead atoms. The molecule has 2 rings (SSSR count). The minimum atomic E-state index is -0.243. The van der Waals surface area contributed by atoms with Crippen molar-refractivity contribution in [1.82, 2.24) is 5.43 Å². The van der Waals surface area contributed by atoms with E-state index < -0.39 is 0 Å². The fourth-order valence-electron chi connectivity index (χ4n) is 2.34. The summed E-state index contributed by atoms with van der Waals surface area (Å²) in [5.41, 5.74) is 5.61. The van der Waals surface area contributed by atoms with Gasteiger partial charge in [0, 0.05) is 0 Å². The maximum Gasteiger partial charge on any atom is 0.123 e. The number of nitrogens with two attached hydrogens (primary N) is 1. The molecule has 21 heavy (non-hydrogen) atoms. The first kappa shape index (κ1) is 15.5. The number of rotatable bonds is 5. The molecule has 0 saturated heterocycles. The minimum Gasteiger partial charge on any atom is -0.491 e. The van der Waals surface area contributed by atoms with Gasteiger partial charge in [-0.15, -0.1) is 0 Å². The van der Waals surface area contributed by atoms with E-state index in [1.54, 1.807) is 6.07 Å². The summed E-state index contributed by atoms with van der Waals surface area (Å²) in [7, 11) is 0. The highest BCUT2D eigenvalue weighted by atomic mass is 19.1. The van der Waals surface area contributed by atoms with E-state index in [1.165, 1.54) is 12.1 Å². The average Bonchev–Trinajstić information content (AvgIpc) is 2.43. The molecule has 112 valence electrons. The van der Waals surface area contributed by atoms with Crippen LogP contribution in [-0.4, -0.2) is 6.10 Å². The minimum absolute atomic E-state index is 0.138. The smallest absolute Gasteiger partial charge is 0.123 e. The standard InChI is InChI=1S/C17H21FN2O/c1-11(2)21-15-7-4-13(5-8-15)17(20-19)16-9-6-14(18)10-12(16)3/h4-11,17,20H,19H2,1-3H3. The van der Waals surface area contributed by atoms with Crippen LogP contribution in [0.1, 0.15) is 36.6 Å². The van der Waals surface area contributed by atoms with Crippen LogP contribution in [0.3, 0.4) is 0 Å². The van der Waals surface area contributed by atoms with Crippen molar-refractivity contribution in [2.45, 2.75) is 32.9 Å². The van der Waals surface area contributed by atoms with Gasteiger partial charge < -0.3 is 4.74 Å². The van der Waals surface area contributed by atoms with Crippen molar-refractivity contribution in [1.29, 1.82) is 0 Å². The van der Waals surface area contributed by atoms with Crippen molar-refractivity contribution in [3.63, 3.8) is 0 Å². The van der Waals surface area contributed by atoms with Crippen molar-refractivity contribution < 1.29 is 9.13 Å². The van der Waals surface area contributed by atoms with E-state index in [-0.39, 0.29) is 18.0 Å². The van der Waals surface area contributed by atoms with Crippen LogP contribution >= 0.6 is 0 Å². The SMILES string of the molecule is Cc1cc(F)ccc1C(NN)c1ccc(OC(C)C)cc1. The topological polar surface area (TPSA) is 47.3 Å². The number of benzene rings is 2. The Morgan fingerprint density at radius 3 is 2.29 bits per heavy atom. The molecule has 0 aromatic heterocycles. The van der Waals surface area contributed by atoms with Gasteiger partial charge in [-0.05, 0) is 61.7 Å². The van der Waals surface area contributed by atoms with E-state index in [2.05, 4.69) is 5.43 Å². The third-order valence-corrected chi connectivity index (χ3v) is 3.29. The van der Waals surface area contributed by atoms with Crippen LogP contribution < -0.4 is 16.0 Å². The summed E-state index contributed by atoms with van der Waals surface area (Å²) in [4.78, 5) is 0. The summed E-state index contributed by atoms with van der Waals surface area (Å²) in [6, 6.07) is 12.3. The van der Waals surface area contributed by atoms with Gasteiger partial charge in [0.15, 0.2) is 0 Å². The van der Waals surface area contributed by atoms with Crippen LogP contribution in [0.4, 0.5) is 4.39 Å². The lowest BCUT2D eigenvalue weighted by atomic mass is 9.95. The first-order valence-corrected chi connectivity index (χ1v) is 7.00. The summed E-state index contributed by atoms with van der Waals surface area (Å²) in [5, 5.41) is 0. The van der Waals surface area contributed by atoms with Crippen LogP contribution in [0.2, 0.25) is 0 Å². The Hall–Kier alpha value is -1.91. The number of hydrazine groups is 1. The predicted molar refractivity (Wildman–Crippen MR) is 82.5 cm³/mol. The normalized spacial score (nSPS) is 12.5. The van der Waals surface area contributed by atoms with Crippen molar-refractivity contribution in [3.05, 3.63) is 65.0 Å². The fraction of sp³-hybridized carbons (Fsp3) is 0.294. The summed E-state index contributed by atoms with van der Waals surface area (Å²) >= 11 is 0. The number of halogens is 1. The van der Waals surface area contributed by atoms with Gasteiger partial charge >= 0.3 is 0 Å². The summed E-state index contributed by atoms with van der Waals surface area (Å²) in [6.45, 7) is 5.85. The van der Waals surface area contributed by atoms with Gasteiger partial charge in [0.1, 0.15) is 11.6 Å². The highest BCUT2D eigenvalue weighted by Gasteiger charge is 2.15.